The van der Waals surface area contributed by atoms with E-state index in [0.717, 1.165) is 11.1 Å². The van der Waals surface area contributed by atoms with Gasteiger partial charge in [-0.2, -0.15) is 0 Å². The van der Waals surface area contributed by atoms with E-state index in [0.29, 0.717) is 26.1 Å². The second kappa shape index (κ2) is 5.93. The van der Waals surface area contributed by atoms with Crippen molar-refractivity contribution in [2.75, 3.05) is 18.1 Å². The highest BCUT2D eigenvalue weighted by Gasteiger charge is 2.21. The summed E-state index contributed by atoms with van der Waals surface area (Å²) < 4.78 is 23.4. The Bertz CT molecular complexity index is 610. The van der Waals surface area contributed by atoms with Crippen LogP contribution in [0.3, 0.4) is 0 Å². The molecule has 6 heteroatoms. The van der Waals surface area contributed by atoms with Gasteiger partial charge in [-0.25, -0.2) is 13.2 Å². The standard InChI is InChI=1S/C14H19NO4S/c1-2-6-20(18,19)7-5-15-9-12-4-3-11(14(16)17)8-13(12)10-15/h3-4,8H,2,5-7,9-10H2,1H3,(H,16,17). The molecule has 0 aromatic heterocycles. The van der Waals surface area contributed by atoms with Gasteiger partial charge in [-0.15, -0.1) is 0 Å². The van der Waals surface area contributed by atoms with E-state index in [1.807, 2.05) is 17.9 Å². The van der Waals surface area contributed by atoms with E-state index in [1.54, 1.807) is 12.1 Å². The van der Waals surface area contributed by atoms with Crippen molar-refractivity contribution >= 4 is 15.8 Å². The maximum atomic E-state index is 11.7. The molecule has 0 amide bonds. The molecule has 5 nitrogen and oxygen atoms in total. The van der Waals surface area contributed by atoms with E-state index in [2.05, 4.69) is 0 Å². The lowest BCUT2D eigenvalue weighted by Gasteiger charge is -2.14. The third kappa shape index (κ3) is 3.58. The fraction of sp³-hybridized carbons (Fsp3) is 0.500. The molecule has 0 aliphatic carbocycles. The van der Waals surface area contributed by atoms with Crippen molar-refractivity contribution in [2.24, 2.45) is 0 Å². The van der Waals surface area contributed by atoms with Crippen molar-refractivity contribution in [2.45, 2.75) is 26.4 Å². The summed E-state index contributed by atoms with van der Waals surface area (Å²) in [6, 6.07) is 5.09. The number of rotatable bonds is 6. The molecule has 1 N–H and O–H groups in total. The molecular formula is C14H19NO4S. The number of fused-ring (bicyclic) bond motifs is 1. The van der Waals surface area contributed by atoms with Crippen LogP contribution in [0.2, 0.25) is 0 Å². The highest BCUT2D eigenvalue weighted by atomic mass is 32.2. The van der Waals surface area contributed by atoms with Gasteiger partial charge in [0.1, 0.15) is 0 Å². The average Bonchev–Trinajstić information content (AvgIpc) is 2.78. The van der Waals surface area contributed by atoms with Crippen LogP contribution in [0.1, 0.15) is 34.8 Å². The second-order valence-electron chi connectivity index (χ2n) is 5.15. The molecule has 0 saturated heterocycles. The summed E-state index contributed by atoms with van der Waals surface area (Å²) in [7, 11) is -2.96. The second-order valence-corrected chi connectivity index (χ2v) is 7.45. The Morgan fingerprint density at radius 3 is 2.60 bits per heavy atom. The van der Waals surface area contributed by atoms with Crippen molar-refractivity contribution < 1.29 is 18.3 Å². The lowest BCUT2D eigenvalue weighted by Crippen LogP contribution is -2.25. The van der Waals surface area contributed by atoms with Gasteiger partial charge in [0.2, 0.25) is 0 Å². The Hall–Kier alpha value is -1.40. The molecule has 0 radical (unpaired) electrons. The lowest BCUT2D eigenvalue weighted by molar-refractivity contribution is 0.0696. The summed E-state index contributed by atoms with van der Waals surface area (Å²) >= 11 is 0. The smallest absolute Gasteiger partial charge is 0.335 e. The monoisotopic (exact) mass is 297 g/mol. The first-order chi connectivity index (χ1) is 9.41. The van der Waals surface area contributed by atoms with Crippen LogP contribution in [0.15, 0.2) is 18.2 Å². The summed E-state index contributed by atoms with van der Waals surface area (Å²) in [5, 5.41) is 8.96. The number of nitrogens with zero attached hydrogens (tertiary/aromatic N) is 1. The largest absolute Gasteiger partial charge is 0.478 e. The zero-order valence-corrected chi connectivity index (χ0v) is 12.3. The molecule has 20 heavy (non-hydrogen) atoms. The highest BCUT2D eigenvalue weighted by molar-refractivity contribution is 7.91. The van der Waals surface area contributed by atoms with Crippen LogP contribution in [0.5, 0.6) is 0 Å². The van der Waals surface area contributed by atoms with Crippen LogP contribution < -0.4 is 0 Å². The third-order valence-corrected chi connectivity index (χ3v) is 5.31. The topological polar surface area (TPSA) is 74.7 Å². The van der Waals surface area contributed by atoms with Crippen LogP contribution in [0.25, 0.3) is 0 Å². The molecule has 110 valence electrons. The van der Waals surface area contributed by atoms with Crippen molar-refractivity contribution in [3.8, 4) is 0 Å². The molecule has 1 aliphatic heterocycles. The first-order valence-corrected chi connectivity index (χ1v) is 8.51. The van der Waals surface area contributed by atoms with Crippen LogP contribution >= 0.6 is 0 Å². The van der Waals surface area contributed by atoms with E-state index in [1.165, 1.54) is 0 Å². The predicted octanol–water partition coefficient (Wildman–Crippen LogP) is 1.53. The molecule has 1 aliphatic rings. The molecule has 0 bridgehead atoms. The van der Waals surface area contributed by atoms with Gasteiger partial charge in [-0.1, -0.05) is 13.0 Å². The summed E-state index contributed by atoms with van der Waals surface area (Å²) in [5.74, 6) is -0.533. The van der Waals surface area contributed by atoms with Gasteiger partial charge in [-0.3, -0.25) is 4.90 Å². The predicted molar refractivity (Wildman–Crippen MR) is 76.5 cm³/mol. The van der Waals surface area contributed by atoms with Crippen molar-refractivity contribution in [3.05, 3.63) is 34.9 Å². The van der Waals surface area contributed by atoms with Gasteiger partial charge in [0.25, 0.3) is 0 Å². The molecule has 1 aromatic carbocycles. The summed E-state index contributed by atoms with van der Waals surface area (Å²) in [6.45, 7) is 3.67. The Labute approximate surface area is 119 Å². The van der Waals surface area contributed by atoms with E-state index >= 15 is 0 Å². The van der Waals surface area contributed by atoms with Crippen LogP contribution in [0, 0.1) is 0 Å². The maximum absolute atomic E-state index is 11.7. The Morgan fingerprint density at radius 1 is 1.25 bits per heavy atom. The number of hydrogen-bond donors (Lipinski definition) is 1. The zero-order valence-electron chi connectivity index (χ0n) is 11.5. The van der Waals surface area contributed by atoms with E-state index < -0.39 is 15.8 Å². The number of carboxylic acids is 1. The summed E-state index contributed by atoms with van der Waals surface area (Å²) in [4.78, 5) is 13.0. The van der Waals surface area contributed by atoms with Crippen molar-refractivity contribution in [1.82, 2.24) is 4.90 Å². The zero-order chi connectivity index (χ0) is 14.8. The Balaban J connectivity index is 1.98. The minimum atomic E-state index is -2.96. The van der Waals surface area contributed by atoms with Crippen molar-refractivity contribution in [1.29, 1.82) is 0 Å². The fourth-order valence-corrected chi connectivity index (χ4v) is 3.80. The minimum absolute atomic E-state index is 0.167. The van der Waals surface area contributed by atoms with Crippen molar-refractivity contribution in [3.63, 3.8) is 0 Å². The van der Waals surface area contributed by atoms with Crippen LogP contribution in [-0.2, 0) is 22.9 Å². The summed E-state index contributed by atoms with van der Waals surface area (Å²) in [6.07, 6.45) is 0.643. The number of carbonyl (C=O) groups is 1. The molecule has 1 heterocycles. The van der Waals surface area contributed by atoms with Gasteiger partial charge in [-0.05, 0) is 29.7 Å². The third-order valence-electron chi connectivity index (χ3n) is 3.47. The molecule has 0 saturated carbocycles. The molecule has 0 atom stereocenters. The van der Waals surface area contributed by atoms with Gasteiger partial charge >= 0.3 is 5.97 Å². The molecule has 2 rings (SSSR count). The van der Waals surface area contributed by atoms with Crippen LogP contribution in [-0.4, -0.2) is 42.4 Å². The summed E-state index contributed by atoms with van der Waals surface area (Å²) in [5.41, 5.74) is 2.35. The molecule has 0 fully saturated rings. The SMILES string of the molecule is CCCS(=O)(=O)CCN1Cc2ccc(C(=O)O)cc2C1. The maximum Gasteiger partial charge on any atom is 0.335 e. The molecule has 0 spiro atoms. The fourth-order valence-electron chi connectivity index (χ4n) is 2.44. The lowest BCUT2D eigenvalue weighted by atomic mass is 10.1. The quantitative estimate of drug-likeness (QED) is 0.862. The van der Waals surface area contributed by atoms with Gasteiger partial charge in [0.15, 0.2) is 9.84 Å². The number of benzene rings is 1. The van der Waals surface area contributed by atoms with E-state index in [-0.39, 0.29) is 17.1 Å². The molecule has 1 aromatic rings. The first kappa shape index (κ1) is 15.0. The minimum Gasteiger partial charge on any atom is -0.478 e. The van der Waals surface area contributed by atoms with Gasteiger partial charge in [0.05, 0.1) is 11.3 Å². The first-order valence-electron chi connectivity index (χ1n) is 6.69. The number of carboxylic acid groups (broad SMARTS) is 1. The Kier molecular flexibility index (Phi) is 4.45. The average molecular weight is 297 g/mol. The highest BCUT2D eigenvalue weighted by Crippen LogP contribution is 2.23. The van der Waals surface area contributed by atoms with Gasteiger partial charge in [0, 0.05) is 25.4 Å². The van der Waals surface area contributed by atoms with Crippen LogP contribution in [0.4, 0.5) is 0 Å². The van der Waals surface area contributed by atoms with Gasteiger partial charge < -0.3 is 5.11 Å². The number of sulfone groups is 1. The molecular weight excluding hydrogens is 278 g/mol. The van der Waals surface area contributed by atoms with E-state index in [4.69, 9.17) is 5.11 Å². The van der Waals surface area contributed by atoms with E-state index in [9.17, 15) is 13.2 Å². The number of aromatic carboxylic acids is 1. The Morgan fingerprint density at radius 2 is 1.95 bits per heavy atom. The normalized spacial score (nSPS) is 15.2. The number of hydrogen-bond acceptors (Lipinski definition) is 4. The molecule has 0 unspecified atom stereocenters.